The zero-order chi connectivity index (χ0) is 20.3. The number of carboxylic acid groups (broad SMARTS) is 2. The van der Waals surface area contributed by atoms with Gasteiger partial charge in [-0.25, -0.2) is 0 Å². The van der Waals surface area contributed by atoms with E-state index in [0.29, 0.717) is 0 Å². The molecule has 0 N–H and O–H groups in total. The molecule has 1 unspecified atom stereocenters. The monoisotopic (exact) mass is 406 g/mol. The Hall–Kier alpha value is -0.294. The van der Waals surface area contributed by atoms with E-state index in [2.05, 4.69) is 13.8 Å². The Balaban J connectivity index is 0. The van der Waals surface area contributed by atoms with Gasteiger partial charge >= 0.3 is 23.1 Å². The van der Waals surface area contributed by atoms with E-state index in [9.17, 15) is 19.8 Å². The van der Waals surface area contributed by atoms with Crippen molar-refractivity contribution in [3.8, 4) is 0 Å². The Bertz CT molecular complexity index is 360. The van der Waals surface area contributed by atoms with Crippen LogP contribution < -0.4 is 10.2 Å². The Morgan fingerprint density at radius 3 is 1.29 bits per heavy atom. The fraction of sp³-hybridized carbons (Fsp3) is 0.913. The topological polar surface area (TPSA) is 80.3 Å². The first kappa shape index (κ1) is 29.9. The van der Waals surface area contributed by atoms with Gasteiger partial charge in [0.05, 0.1) is 11.9 Å². The molecule has 0 fully saturated rings. The number of carbonyl (C=O) groups is 2. The first-order chi connectivity index (χ1) is 13.0. The van der Waals surface area contributed by atoms with Crippen molar-refractivity contribution in [3.63, 3.8) is 0 Å². The SMILES string of the molecule is CCCCCCCCCCCCC(CCCCCC)CC(C(=O)[O-])C(=O)[O-].[Mg+2]. The van der Waals surface area contributed by atoms with E-state index in [1.807, 2.05) is 0 Å². The summed E-state index contributed by atoms with van der Waals surface area (Å²) in [6.45, 7) is 4.39. The number of carbonyl (C=O) groups excluding carboxylic acids is 2. The summed E-state index contributed by atoms with van der Waals surface area (Å²) in [7, 11) is 0. The first-order valence-corrected chi connectivity index (χ1v) is 11.4. The standard InChI is InChI=1S/C23H44O4.Mg/c1-3-5-7-9-10-11-12-13-14-16-18-20(17-15-8-6-4-2)19-21(22(24)25)23(26)27;/h20-21H,3-19H2,1-2H3,(H,24,25)(H,26,27);/q;+2/p-2. The average molecular weight is 407 g/mol. The smallest absolute Gasteiger partial charge is 0.549 e. The van der Waals surface area contributed by atoms with E-state index in [1.54, 1.807) is 0 Å². The van der Waals surface area contributed by atoms with Crippen LogP contribution in [0.15, 0.2) is 0 Å². The molecule has 0 aliphatic carbocycles. The van der Waals surface area contributed by atoms with E-state index < -0.39 is 17.9 Å². The van der Waals surface area contributed by atoms with Crippen molar-refractivity contribution in [2.45, 2.75) is 123 Å². The molecule has 5 heteroatoms. The maximum atomic E-state index is 11.1. The third kappa shape index (κ3) is 17.8. The van der Waals surface area contributed by atoms with Crippen LogP contribution in [0.4, 0.5) is 0 Å². The van der Waals surface area contributed by atoms with Gasteiger partial charge in [0.25, 0.3) is 0 Å². The molecule has 0 amide bonds. The van der Waals surface area contributed by atoms with Crippen molar-refractivity contribution in [3.05, 3.63) is 0 Å². The Labute approximate surface area is 189 Å². The second kappa shape index (κ2) is 21.4. The van der Waals surface area contributed by atoms with Gasteiger partial charge in [0.15, 0.2) is 0 Å². The molecule has 0 saturated heterocycles. The van der Waals surface area contributed by atoms with Crippen molar-refractivity contribution in [1.29, 1.82) is 0 Å². The van der Waals surface area contributed by atoms with Gasteiger partial charge in [-0.1, -0.05) is 117 Å². The van der Waals surface area contributed by atoms with Crippen LogP contribution >= 0.6 is 0 Å². The van der Waals surface area contributed by atoms with Gasteiger partial charge in [0.2, 0.25) is 0 Å². The van der Waals surface area contributed by atoms with Crippen molar-refractivity contribution in [2.75, 3.05) is 0 Å². The number of rotatable bonds is 20. The Morgan fingerprint density at radius 1 is 0.607 bits per heavy atom. The number of carboxylic acids is 2. The van der Waals surface area contributed by atoms with Gasteiger partial charge in [0.1, 0.15) is 0 Å². The van der Waals surface area contributed by atoms with Crippen LogP contribution in [0, 0.1) is 11.8 Å². The summed E-state index contributed by atoms with van der Waals surface area (Å²) in [5.41, 5.74) is 0. The fourth-order valence-corrected chi connectivity index (χ4v) is 3.78. The predicted molar refractivity (Wildman–Crippen MR) is 113 cm³/mol. The van der Waals surface area contributed by atoms with Gasteiger partial charge in [-0.15, -0.1) is 0 Å². The van der Waals surface area contributed by atoms with Gasteiger partial charge in [0, 0.05) is 5.92 Å². The van der Waals surface area contributed by atoms with Crippen LogP contribution in [0.2, 0.25) is 0 Å². The molecule has 4 nitrogen and oxygen atoms in total. The largest absolute Gasteiger partial charge is 2.00 e. The van der Waals surface area contributed by atoms with E-state index in [-0.39, 0.29) is 35.4 Å². The molecule has 0 aliphatic rings. The van der Waals surface area contributed by atoms with Crippen LogP contribution in [0.3, 0.4) is 0 Å². The zero-order valence-corrected chi connectivity index (χ0v) is 19.9. The molecule has 0 radical (unpaired) electrons. The minimum absolute atomic E-state index is 0. The molecule has 0 rings (SSSR count). The number of hydrogen-bond acceptors (Lipinski definition) is 4. The molecule has 0 aliphatic heterocycles. The molecular formula is C23H42MgO4. The molecule has 0 heterocycles. The third-order valence-electron chi connectivity index (χ3n) is 5.57. The minimum atomic E-state index is -1.50. The van der Waals surface area contributed by atoms with Gasteiger partial charge < -0.3 is 19.8 Å². The van der Waals surface area contributed by atoms with Crippen LogP contribution in [-0.4, -0.2) is 35.0 Å². The molecule has 1 atom stereocenters. The van der Waals surface area contributed by atoms with Gasteiger partial charge in [-0.3, -0.25) is 0 Å². The Morgan fingerprint density at radius 2 is 0.929 bits per heavy atom. The summed E-state index contributed by atoms with van der Waals surface area (Å²) in [5, 5.41) is 22.1. The maximum Gasteiger partial charge on any atom is 2.00 e. The van der Waals surface area contributed by atoms with E-state index in [0.717, 1.165) is 44.9 Å². The zero-order valence-electron chi connectivity index (χ0n) is 18.5. The number of unbranched alkanes of at least 4 members (excludes halogenated alkanes) is 12. The summed E-state index contributed by atoms with van der Waals surface area (Å²) in [4.78, 5) is 22.1. The van der Waals surface area contributed by atoms with Crippen molar-refractivity contribution >= 4 is 35.0 Å². The van der Waals surface area contributed by atoms with E-state index >= 15 is 0 Å². The molecule has 0 bridgehead atoms. The minimum Gasteiger partial charge on any atom is -0.549 e. The summed E-state index contributed by atoms with van der Waals surface area (Å²) < 4.78 is 0. The summed E-state index contributed by atoms with van der Waals surface area (Å²) in [5.74, 6) is -4.32. The van der Waals surface area contributed by atoms with Crippen molar-refractivity contribution in [2.24, 2.45) is 11.8 Å². The predicted octanol–water partition coefficient (Wildman–Crippen LogP) is 4.01. The summed E-state index contributed by atoms with van der Waals surface area (Å²) in [6, 6.07) is 0. The van der Waals surface area contributed by atoms with Crippen LogP contribution in [-0.2, 0) is 9.59 Å². The summed E-state index contributed by atoms with van der Waals surface area (Å²) >= 11 is 0. The van der Waals surface area contributed by atoms with Crippen LogP contribution in [0.1, 0.15) is 123 Å². The molecular weight excluding hydrogens is 365 g/mol. The van der Waals surface area contributed by atoms with Crippen LogP contribution in [0.25, 0.3) is 0 Å². The van der Waals surface area contributed by atoms with Gasteiger partial charge in [-0.05, 0) is 12.3 Å². The third-order valence-corrected chi connectivity index (χ3v) is 5.57. The number of hydrogen-bond donors (Lipinski definition) is 0. The first-order valence-electron chi connectivity index (χ1n) is 11.4. The molecule has 160 valence electrons. The average Bonchev–Trinajstić information content (AvgIpc) is 2.63. The van der Waals surface area contributed by atoms with E-state index in [4.69, 9.17) is 0 Å². The van der Waals surface area contributed by atoms with Crippen molar-refractivity contribution in [1.82, 2.24) is 0 Å². The quantitative estimate of drug-likeness (QED) is 0.174. The van der Waals surface area contributed by atoms with Gasteiger partial charge in [-0.2, -0.15) is 0 Å². The molecule has 0 spiro atoms. The number of aliphatic carboxylic acids is 2. The molecule has 0 aromatic rings. The Kier molecular flexibility index (Phi) is 22.9. The normalized spacial score (nSPS) is 12.0. The van der Waals surface area contributed by atoms with Crippen molar-refractivity contribution < 1.29 is 19.8 Å². The van der Waals surface area contributed by atoms with E-state index in [1.165, 1.54) is 57.8 Å². The molecule has 0 aromatic carbocycles. The molecule has 28 heavy (non-hydrogen) atoms. The molecule has 0 aromatic heterocycles. The second-order valence-corrected chi connectivity index (χ2v) is 8.11. The fourth-order valence-electron chi connectivity index (χ4n) is 3.78. The maximum absolute atomic E-state index is 11.1. The molecule has 0 saturated carbocycles. The second-order valence-electron chi connectivity index (χ2n) is 8.11. The van der Waals surface area contributed by atoms with Crippen LogP contribution in [0.5, 0.6) is 0 Å². The summed E-state index contributed by atoms with van der Waals surface area (Å²) in [6.07, 6.45) is 19.2.